The van der Waals surface area contributed by atoms with Gasteiger partial charge in [-0.15, -0.1) is 0 Å². The highest BCUT2D eigenvalue weighted by Crippen LogP contribution is 2.17. The van der Waals surface area contributed by atoms with E-state index in [1.165, 1.54) is 0 Å². The largest absolute Gasteiger partial charge is 0.494 e. The first kappa shape index (κ1) is 12.4. The summed E-state index contributed by atoms with van der Waals surface area (Å²) < 4.78 is 10.6. The van der Waals surface area contributed by atoms with Gasteiger partial charge in [0.2, 0.25) is 5.78 Å². The maximum atomic E-state index is 12.1. The standard InChI is InChI=1S/C14H15NO3/c1-2-17-11-5-3-10(4-6-11)14(16)13-8-7-12(9-15)18-13/h3-8H,2,9,15H2,1H3. The molecule has 4 nitrogen and oxygen atoms in total. The second-order valence-electron chi connectivity index (χ2n) is 3.76. The number of carbonyl (C=O) groups is 1. The molecular formula is C14H15NO3. The van der Waals surface area contributed by atoms with Gasteiger partial charge in [-0.3, -0.25) is 4.79 Å². The van der Waals surface area contributed by atoms with Crippen molar-refractivity contribution in [3.8, 4) is 5.75 Å². The molecule has 0 aliphatic heterocycles. The van der Waals surface area contributed by atoms with Gasteiger partial charge in [-0.2, -0.15) is 0 Å². The van der Waals surface area contributed by atoms with E-state index >= 15 is 0 Å². The Morgan fingerprint density at radius 3 is 2.50 bits per heavy atom. The number of hydrogen-bond acceptors (Lipinski definition) is 4. The lowest BCUT2D eigenvalue weighted by atomic mass is 10.1. The predicted molar refractivity (Wildman–Crippen MR) is 67.6 cm³/mol. The number of carbonyl (C=O) groups excluding carboxylic acids is 1. The molecule has 2 aromatic rings. The molecule has 0 radical (unpaired) electrons. The van der Waals surface area contributed by atoms with Crippen LogP contribution < -0.4 is 10.5 Å². The van der Waals surface area contributed by atoms with Gasteiger partial charge in [0, 0.05) is 5.56 Å². The Bertz CT molecular complexity index is 528. The molecule has 2 N–H and O–H groups in total. The van der Waals surface area contributed by atoms with E-state index in [1.807, 2.05) is 6.92 Å². The van der Waals surface area contributed by atoms with Crippen molar-refractivity contribution in [2.24, 2.45) is 5.73 Å². The third-order valence-corrected chi connectivity index (χ3v) is 2.51. The summed E-state index contributed by atoms with van der Waals surface area (Å²) >= 11 is 0. The molecule has 18 heavy (non-hydrogen) atoms. The van der Waals surface area contributed by atoms with Gasteiger partial charge >= 0.3 is 0 Å². The first-order chi connectivity index (χ1) is 8.74. The smallest absolute Gasteiger partial charge is 0.228 e. The summed E-state index contributed by atoms with van der Waals surface area (Å²) in [4.78, 5) is 12.1. The first-order valence-electron chi connectivity index (χ1n) is 5.81. The lowest BCUT2D eigenvalue weighted by Crippen LogP contribution is -2.00. The van der Waals surface area contributed by atoms with Crippen LogP contribution in [0.25, 0.3) is 0 Å². The van der Waals surface area contributed by atoms with Gasteiger partial charge < -0.3 is 14.9 Å². The zero-order chi connectivity index (χ0) is 13.0. The molecule has 2 rings (SSSR count). The van der Waals surface area contributed by atoms with Crippen molar-refractivity contribution in [2.75, 3.05) is 6.61 Å². The maximum Gasteiger partial charge on any atom is 0.228 e. The van der Waals surface area contributed by atoms with E-state index in [0.717, 1.165) is 5.75 Å². The Balaban J connectivity index is 2.17. The molecule has 1 aromatic carbocycles. The molecule has 0 amide bonds. The van der Waals surface area contributed by atoms with Crippen LogP contribution in [0.4, 0.5) is 0 Å². The van der Waals surface area contributed by atoms with Gasteiger partial charge in [-0.25, -0.2) is 0 Å². The van der Waals surface area contributed by atoms with Gasteiger partial charge in [0.25, 0.3) is 0 Å². The minimum absolute atomic E-state index is 0.155. The zero-order valence-electron chi connectivity index (χ0n) is 10.2. The molecule has 0 bridgehead atoms. The fraction of sp³-hybridized carbons (Fsp3) is 0.214. The Labute approximate surface area is 105 Å². The van der Waals surface area contributed by atoms with Crippen molar-refractivity contribution >= 4 is 5.78 Å². The quantitative estimate of drug-likeness (QED) is 0.821. The Morgan fingerprint density at radius 2 is 1.94 bits per heavy atom. The molecule has 94 valence electrons. The number of hydrogen-bond donors (Lipinski definition) is 1. The minimum atomic E-state index is -0.155. The summed E-state index contributed by atoms with van der Waals surface area (Å²) in [7, 11) is 0. The number of nitrogens with two attached hydrogens (primary N) is 1. The molecule has 0 spiro atoms. The Hall–Kier alpha value is -2.07. The summed E-state index contributed by atoms with van der Waals surface area (Å²) in [6, 6.07) is 10.3. The normalized spacial score (nSPS) is 10.3. The predicted octanol–water partition coefficient (Wildman–Crippen LogP) is 2.37. The van der Waals surface area contributed by atoms with Crippen LogP contribution in [-0.2, 0) is 6.54 Å². The number of furan rings is 1. The molecule has 4 heteroatoms. The molecule has 0 aliphatic carbocycles. The molecule has 0 atom stereocenters. The number of ether oxygens (including phenoxy) is 1. The minimum Gasteiger partial charge on any atom is -0.494 e. The van der Waals surface area contributed by atoms with E-state index in [0.29, 0.717) is 23.7 Å². The van der Waals surface area contributed by atoms with Crippen LogP contribution in [0, 0.1) is 0 Å². The highest BCUT2D eigenvalue weighted by molar-refractivity contribution is 6.07. The van der Waals surface area contributed by atoms with Crippen molar-refractivity contribution in [1.29, 1.82) is 0 Å². The Kier molecular flexibility index (Phi) is 3.79. The van der Waals surface area contributed by atoms with Crippen LogP contribution in [0.3, 0.4) is 0 Å². The van der Waals surface area contributed by atoms with E-state index in [4.69, 9.17) is 14.9 Å². The van der Waals surface area contributed by atoms with Crippen molar-refractivity contribution < 1.29 is 13.9 Å². The average molecular weight is 245 g/mol. The van der Waals surface area contributed by atoms with E-state index in [2.05, 4.69) is 0 Å². The monoisotopic (exact) mass is 245 g/mol. The van der Waals surface area contributed by atoms with Gasteiger partial charge in [0.15, 0.2) is 5.76 Å². The highest BCUT2D eigenvalue weighted by Gasteiger charge is 2.13. The lowest BCUT2D eigenvalue weighted by molar-refractivity contribution is 0.101. The topological polar surface area (TPSA) is 65.5 Å². The third-order valence-electron chi connectivity index (χ3n) is 2.51. The van der Waals surface area contributed by atoms with Crippen molar-refractivity contribution in [1.82, 2.24) is 0 Å². The fourth-order valence-corrected chi connectivity index (χ4v) is 1.62. The Morgan fingerprint density at radius 1 is 1.22 bits per heavy atom. The van der Waals surface area contributed by atoms with Crippen LogP contribution in [0.1, 0.15) is 28.8 Å². The summed E-state index contributed by atoms with van der Waals surface area (Å²) in [5.74, 6) is 1.50. The van der Waals surface area contributed by atoms with Crippen LogP contribution in [0.2, 0.25) is 0 Å². The first-order valence-corrected chi connectivity index (χ1v) is 5.81. The molecule has 0 unspecified atom stereocenters. The molecular weight excluding hydrogens is 230 g/mol. The van der Waals surface area contributed by atoms with Gasteiger partial charge in [0.1, 0.15) is 11.5 Å². The summed E-state index contributed by atoms with van der Waals surface area (Å²) in [6.07, 6.45) is 0. The fourth-order valence-electron chi connectivity index (χ4n) is 1.62. The third kappa shape index (κ3) is 2.60. The molecule has 0 saturated heterocycles. The lowest BCUT2D eigenvalue weighted by Gasteiger charge is -2.03. The van der Waals surface area contributed by atoms with E-state index < -0.39 is 0 Å². The molecule has 0 aliphatic rings. The number of ketones is 1. The summed E-state index contributed by atoms with van der Waals surface area (Å²) in [6.45, 7) is 2.80. The molecule has 0 fully saturated rings. The second kappa shape index (κ2) is 5.51. The van der Waals surface area contributed by atoms with Crippen LogP contribution in [0.5, 0.6) is 5.75 Å². The summed E-state index contributed by atoms with van der Waals surface area (Å²) in [5.41, 5.74) is 6.00. The van der Waals surface area contributed by atoms with Crippen LogP contribution >= 0.6 is 0 Å². The van der Waals surface area contributed by atoms with Crippen molar-refractivity contribution in [3.05, 3.63) is 53.5 Å². The van der Waals surface area contributed by atoms with E-state index in [-0.39, 0.29) is 12.3 Å². The van der Waals surface area contributed by atoms with Gasteiger partial charge in [0.05, 0.1) is 13.2 Å². The van der Waals surface area contributed by atoms with Crippen LogP contribution in [-0.4, -0.2) is 12.4 Å². The van der Waals surface area contributed by atoms with Crippen LogP contribution in [0.15, 0.2) is 40.8 Å². The van der Waals surface area contributed by atoms with Crippen molar-refractivity contribution in [2.45, 2.75) is 13.5 Å². The van der Waals surface area contributed by atoms with Gasteiger partial charge in [-0.1, -0.05) is 0 Å². The number of benzene rings is 1. The van der Waals surface area contributed by atoms with E-state index in [1.54, 1.807) is 36.4 Å². The average Bonchev–Trinajstić information content (AvgIpc) is 2.88. The SMILES string of the molecule is CCOc1ccc(C(=O)c2ccc(CN)o2)cc1. The van der Waals surface area contributed by atoms with Crippen molar-refractivity contribution in [3.63, 3.8) is 0 Å². The second-order valence-corrected chi connectivity index (χ2v) is 3.76. The molecule has 1 aromatic heterocycles. The maximum absolute atomic E-state index is 12.1. The van der Waals surface area contributed by atoms with Gasteiger partial charge in [-0.05, 0) is 43.3 Å². The highest BCUT2D eigenvalue weighted by atomic mass is 16.5. The molecule has 1 heterocycles. The summed E-state index contributed by atoms with van der Waals surface area (Å²) in [5, 5.41) is 0. The zero-order valence-corrected chi connectivity index (χ0v) is 10.2. The van der Waals surface area contributed by atoms with E-state index in [9.17, 15) is 4.79 Å². The number of rotatable bonds is 5. The molecule has 0 saturated carbocycles.